The molecule has 1 N–H and O–H groups in total. The quantitative estimate of drug-likeness (QED) is 0.568. The molecule has 6 heteroatoms. The first-order valence-corrected chi connectivity index (χ1v) is 9.63. The second-order valence-electron chi connectivity index (χ2n) is 7.04. The summed E-state index contributed by atoms with van der Waals surface area (Å²) in [7, 11) is 1.60. The third kappa shape index (κ3) is 3.54. The van der Waals surface area contributed by atoms with E-state index in [4.69, 9.17) is 9.47 Å². The smallest absolute Gasteiger partial charge is 0.244 e. The molecule has 0 aliphatic heterocycles. The topological polar surface area (TPSA) is 59.9 Å². The predicted octanol–water partition coefficient (Wildman–Crippen LogP) is 4.13. The number of halogens is 1. The van der Waals surface area contributed by atoms with E-state index in [0.29, 0.717) is 24.0 Å². The molecule has 0 spiro atoms. The number of nitrogens with zero attached hydrogens (tertiary/aromatic N) is 1. The number of carbonyl (C=O) groups is 1. The highest BCUT2D eigenvalue weighted by Gasteiger charge is 2.64. The Labute approximate surface area is 157 Å². The Morgan fingerprint density at radius 2 is 2.28 bits per heavy atom. The molecule has 3 rings (SSSR count). The number of methoxy groups -OCH3 is 1. The van der Waals surface area contributed by atoms with E-state index in [-0.39, 0.29) is 17.2 Å². The van der Waals surface area contributed by atoms with Gasteiger partial charge in [-0.3, -0.25) is 4.79 Å². The first-order valence-electron chi connectivity index (χ1n) is 8.84. The highest BCUT2D eigenvalue weighted by atomic mass is 79.9. The van der Waals surface area contributed by atoms with Gasteiger partial charge in [0.2, 0.25) is 5.91 Å². The molecule has 1 aromatic rings. The maximum atomic E-state index is 12.4. The molecule has 1 amide bonds. The molecule has 0 bridgehead atoms. The average molecular weight is 409 g/mol. The number of hydrazone groups is 1. The van der Waals surface area contributed by atoms with E-state index in [9.17, 15) is 4.79 Å². The number of amides is 1. The zero-order valence-electron chi connectivity index (χ0n) is 15.0. The van der Waals surface area contributed by atoms with Gasteiger partial charge < -0.3 is 9.47 Å². The van der Waals surface area contributed by atoms with Crippen molar-refractivity contribution in [1.82, 2.24) is 5.43 Å². The number of nitrogens with one attached hydrogen (secondary N) is 1. The monoisotopic (exact) mass is 408 g/mol. The van der Waals surface area contributed by atoms with Crippen molar-refractivity contribution in [1.29, 1.82) is 0 Å². The number of fused-ring (bicyclic) bond motifs is 1. The Kier molecular flexibility index (Phi) is 5.37. The van der Waals surface area contributed by atoms with Crippen molar-refractivity contribution in [3.8, 4) is 11.5 Å². The van der Waals surface area contributed by atoms with E-state index in [1.165, 1.54) is 19.3 Å². The summed E-state index contributed by atoms with van der Waals surface area (Å²) in [4.78, 5) is 12.4. The molecule has 0 heterocycles. The van der Waals surface area contributed by atoms with Crippen molar-refractivity contribution < 1.29 is 14.3 Å². The summed E-state index contributed by atoms with van der Waals surface area (Å²) in [6, 6.07) is 3.73. The molecule has 3 atom stereocenters. The molecule has 2 aliphatic rings. The van der Waals surface area contributed by atoms with Gasteiger partial charge in [0.15, 0.2) is 11.5 Å². The maximum absolute atomic E-state index is 12.4. The van der Waals surface area contributed by atoms with Crippen LogP contribution in [0.4, 0.5) is 0 Å². The lowest BCUT2D eigenvalue weighted by Crippen LogP contribution is -2.22. The molecule has 136 valence electrons. The Bertz CT molecular complexity index is 691. The van der Waals surface area contributed by atoms with Crippen LogP contribution in [0, 0.1) is 17.3 Å². The third-order valence-electron chi connectivity index (χ3n) is 5.54. The molecule has 5 nitrogen and oxygen atoms in total. The van der Waals surface area contributed by atoms with Gasteiger partial charge in [-0.25, -0.2) is 5.43 Å². The van der Waals surface area contributed by atoms with Crippen LogP contribution in [0.25, 0.3) is 0 Å². The van der Waals surface area contributed by atoms with E-state index in [1.54, 1.807) is 13.3 Å². The van der Waals surface area contributed by atoms with Crippen molar-refractivity contribution in [2.75, 3.05) is 13.7 Å². The van der Waals surface area contributed by atoms with Crippen LogP contribution in [0.2, 0.25) is 0 Å². The molecule has 1 aromatic carbocycles. The fraction of sp³-hybridized carbons (Fsp3) is 0.579. The summed E-state index contributed by atoms with van der Waals surface area (Å²) in [5.74, 6) is 2.00. The predicted molar refractivity (Wildman–Crippen MR) is 101 cm³/mol. The van der Waals surface area contributed by atoms with Gasteiger partial charge in [-0.15, -0.1) is 0 Å². The van der Waals surface area contributed by atoms with Crippen molar-refractivity contribution in [2.45, 2.75) is 39.5 Å². The van der Waals surface area contributed by atoms with E-state index in [1.807, 2.05) is 19.1 Å². The lowest BCUT2D eigenvalue weighted by atomic mass is 9.90. The van der Waals surface area contributed by atoms with Gasteiger partial charge >= 0.3 is 0 Å². The highest BCUT2D eigenvalue weighted by Crippen LogP contribution is 2.66. The summed E-state index contributed by atoms with van der Waals surface area (Å²) in [5.41, 5.74) is 3.74. The summed E-state index contributed by atoms with van der Waals surface area (Å²) >= 11 is 3.49. The molecule has 0 aromatic heterocycles. The molecular formula is C19H25BrN2O3. The number of benzene rings is 1. The lowest BCUT2D eigenvalue weighted by molar-refractivity contribution is -0.123. The lowest BCUT2D eigenvalue weighted by Gasteiger charge is -2.15. The van der Waals surface area contributed by atoms with E-state index in [2.05, 4.69) is 33.4 Å². The zero-order valence-corrected chi connectivity index (χ0v) is 16.6. The van der Waals surface area contributed by atoms with Crippen molar-refractivity contribution in [3.63, 3.8) is 0 Å². The zero-order chi connectivity index (χ0) is 18.0. The Hall–Kier alpha value is -1.56. The Morgan fingerprint density at radius 3 is 2.92 bits per heavy atom. The molecule has 2 saturated carbocycles. The van der Waals surface area contributed by atoms with Crippen LogP contribution in [-0.2, 0) is 4.79 Å². The Morgan fingerprint density at radius 1 is 1.48 bits per heavy atom. The second-order valence-corrected chi connectivity index (χ2v) is 7.89. The SMILES string of the molecule is CCOc1c(Br)cc(/C=N\NC(=O)[C@H]2[C@H]3CCCC[C@@]32C)cc1OC. The standard InChI is InChI=1S/C19H25BrN2O3/c1-4-25-17-14(20)9-12(10-15(17)24-3)11-21-22-18(23)16-13-7-5-6-8-19(13,16)2/h9-11,13,16H,4-8H2,1-3H3,(H,22,23)/b21-11-/t13-,16-,19+/m1/s1. The van der Waals surface area contributed by atoms with Crippen LogP contribution < -0.4 is 14.9 Å². The minimum atomic E-state index is 0.0441. The Balaban J connectivity index is 1.64. The minimum Gasteiger partial charge on any atom is -0.493 e. The number of ether oxygens (including phenoxy) is 2. The van der Waals surface area contributed by atoms with E-state index in [0.717, 1.165) is 16.5 Å². The molecule has 2 aliphatic carbocycles. The van der Waals surface area contributed by atoms with Gasteiger partial charge in [-0.2, -0.15) is 5.10 Å². The van der Waals surface area contributed by atoms with Crippen LogP contribution >= 0.6 is 15.9 Å². The van der Waals surface area contributed by atoms with Crippen LogP contribution in [0.5, 0.6) is 11.5 Å². The largest absolute Gasteiger partial charge is 0.493 e. The van der Waals surface area contributed by atoms with Crippen LogP contribution in [0.15, 0.2) is 21.7 Å². The molecule has 2 fully saturated rings. The molecule has 0 radical (unpaired) electrons. The number of rotatable bonds is 6. The highest BCUT2D eigenvalue weighted by molar-refractivity contribution is 9.10. The van der Waals surface area contributed by atoms with Gasteiger partial charge in [0, 0.05) is 5.92 Å². The fourth-order valence-electron chi connectivity index (χ4n) is 4.19. The van der Waals surface area contributed by atoms with Gasteiger partial charge in [0.1, 0.15) is 0 Å². The molecule has 25 heavy (non-hydrogen) atoms. The van der Waals surface area contributed by atoms with Crippen LogP contribution in [-0.4, -0.2) is 25.8 Å². The summed E-state index contributed by atoms with van der Waals surface area (Å²) < 4.78 is 11.7. The van der Waals surface area contributed by atoms with Gasteiger partial charge in [-0.1, -0.05) is 19.8 Å². The minimum absolute atomic E-state index is 0.0441. The number of carbonyl (C=O) groups excluding carboxylic acids is 1. The number of hydrogen-bond donors (Lipinski definition) is 1. The molecule has 0 saturated heterocycles. The van der Waals surface area contributed by atoms with Gasteiger partial charge in [-0.05, 0) is 64.7 Å². The molecule has 0 unspecified atom stereocenters. The summed E-state index contributed by atoms with van der Waals surface area (Å²) in [6.07, 6.45) is 6.44. The normalized spacial score (nSPS) is 27.7. The first-order chi connectivity index (χ1) is 12.0. The van der Waals surface area contributed by atoms with Crippen molar-refractivity contribution in [3.05, 3.63) is 22.2 Å². The second kappa shape index (κ2) is 7.36. The van der Waals surface area contributed by atoms with E-state index >= 15 is 0 Å². The van der Waals surface area contributed by atoms with Crippen LogP contribution in [0.3, 0.4) is 0 Å². The first kappa shape index (κ1) is 18.2. The van der Waals surface area contributed by atoms with Crippen LogP contribution in [0.1, 0.15) is 45.1 Å². The van der Waals surface area contributed by atoms with Crippen molar-refractivity contribution in [2.24, 2.45) is 22.4 Å². The third-order valence-corrected chi connectivity index (χ3v) is 6.13. The van der Waals surface area contributed by atoms with E-state index < -0.39 is 0 Å². The maximum Gasteiger partial charge on any atom is 0.244 e. The average Bonchev–Trinajstić information content (AvgIpc) is 3.22. The fourth-order valence-corrected chi connectivity index (χ4v) is 4.76. The number of hydrogen-bond acceptors (Lipinski definition) is 4. The summed E-state index contributed by atoms with van der Waals surface area (Å²) in [6.45, 7) is 4.71. The summed E-state index contributed by atoms with van der Waals surface area (Å²) in [5, 5.41) is 4.14. The van der Waals surface area contributed by atoms with Crippen molar-refractivity contribution >= 4 is 28.1 Å². The van der Waals surface area contributed by atoms with Gasteiger partial charge in [0.05, 0.1) is 24.4 Å². The molecular weight excluding hydrogens is 384 g/mol. The van der Waals surface area contributed by atoms with Gasteiger partial charge in [0.25, 0.3) is 0 Å².